The van der Waals surface area contributed by atoms with E-state index in [9.17, 15) is 4.79 Å². The van der Waals surface area contributed by atoms with Crippen molar-refractivity contribution in [2.24, 2.45) is 0 Å². The lowest BCUT2D eigenvalue weighted by Crippen LogP contribution is -2.05. The van der Waals surface area contributed by atoms with E-state index in [2.05, 4.69) is 0 Å². The molecular weight excluding hydrogens is 296 g/mol. The van der Waals surface area contributed by atoms with Gasteiger partial charge in [-0.3, -0.25) is 4.79 Å². The zero-order chi connectivity index (χ0) is 14.1. The van der Waals surface area contributed by atoms with Crippen LogP contribution in [0.5, 0.6) is 5.75 Å². The van der Waals surface area contributed by atoms with Crippen molar-refractivity contribution >= 4 is 43.1 Å². The monoisotopic (exact) mass is 306 g/mol. The highest BCUT2D eigenvalue weighted by molar-refractivity contribution is 7.25. The van der Waals surface area contributed by atoms with Crippen molar-refractivity contribution in [3.8, 4) is 5.75 Å². The molecule has 102 valence electrons. The van der Waals surface area contributed by atoms with Crippen LogP contribution in [0.25, 0.3) is 20.2 Å². The minimum atomic E-state index is -0.0891. The summed E-state index contributed by atoms with van der Waals surface area (Å²) in [6, 6.07) is 10.8. The van der Waals surface area contributed by atoms with Crippen molar-refractivity contribution in [1.29, 1.82) is 0 Å². The van der Waals surface area contributed by atoms with Crippen LogP contribution < -0.4 is 10.2 Å². The zero-order valence-electron chi connectivity index (χ0n) is 10.4. The Labute approximate surface area is 124 Å². The first-order valence-corrected chi connectivity index (χ1v) is 7.29. The number of rotatable bonds is 3. The summed E-state index contributed by atoms with van der Waals surface area (Å²) in [5, 5.41) is 10.4. The first-order valence-electron chi connectivity index (χ1n) is 6.10. The van der Waals surface area contributed by atoms with Gasteiger partial charge in [0.1, 0.15) is 12.4 Å². The van der Waals surface area contributed by atoms with E-state index in [0.717, 1.165) is 9.40 Å². The molecule has 1 heterocycles. The van der Waals surface area contributed by atoms with Crippen LogP contribution in [0.15, 0.2) is 41.2 Å². The highest BCUT2D eigenvalue weighted by atomic mass is 35.5. The largest absolute Gasteiger partial charge is 0.490 e. The molecular formula is C15H11ClO3S. The number of benzene rings is 2. The molecule has 1 aromatic heterocycles. The predicted molar refractivity (Wildman–Crippen MR) is 83.2 cm³/mol. The van der Waals surface area contributed by atoms with Gasteiger partial charge in [-0.1, -0.05) is 23.7 Å². The van der Waals surface area contributed by atoms with Crippen LogP contribution >= 0.6 is 22.9 Å². The van der Waals surface area contributed by atoms with Crippen LogP contribution in [0, 0.1) is 0 Å². The number of aliphatic hydroxyl groups excluding tert-OH is 1. The van der Waals surface area contributed by atoms with E-state index in [4.69, 9.17) is 21.4 Å². The molecule has 1 N–H and O–H groups in total. The first-order chi connectivity index (χ1) is 9.72. The number of hydrogen-bond donors (Lipinski definition) is 1. The summed E-state index contributed by atoms with van der Waals surface area (Å²) >= 11 is 7.64. The Hall–Kier alpha value is -1.62. The van der Waals surface area contributed by atoms with E-state index in [1.54, 1.807) is 18.2 Å². The number of hydrogen-bond acceptors (Lipinski definition) is 4. The molecule has 0 aliphatic rings. The van der Waals surface area contributed by atoms with Gasteiger partial charge in [0.2, 0.25) is 0 Å². The molecule has 20 heavy (non-hydrogen) atoms. The SMILES string of the molecule is O=c1c2ccccc2sc2c(OCCO)ccc(Cl)c12. The second-order valence-electron chi connectivity index (χ2n) is 4.25. The lowest BCUT2D eigenvalue weighted by molar-refractivity contribution is 0.203. The predicted octanol–water partition coefficient (Wildman–Crippen LogP) is 3.44. The fourth-order valence-corrected chi connectivity index (χ4v) is 3.58. The Bertz CT molecular complexity index is 842. The van der Waals surface area contributed by atoms with Gasteiger partial charge in [0, 0.05) is 10.1 Å². The Morgan fingerprint density at radius 3 is 2.80 bits per heavy atom. The minimum absolute atomic E-state index is 0.0768. The maximum Gasteiger partial charge on any atom is 0.197 e. The highest BCUT2D eigenvalue weighted by Gasteiger charge is 2.13. The Kier molecular flexibility index (Phi) is 3.61. The van der Waals surface area contributed by atoms with Crippen LogP contribution in [0.4, 0.5) is 0 Å². The van der Waals surface area contributed by atoms with Crippen LogP contribution in [-0.4, -0.2) is 18.3 Å². The topological polar surface area (TPSA) is 46.5 Å². The number of halogens is 1. The molecule has 2 aromatic carbocycles. The molecule has 3 aromatic rings. The van der Waals surface area contributed by atoms with E-state index < -0.39 is 0 Å². The maximum absolute atomic E-state index is 12.6. The van der Waals surface area contributed by atoms with E-state index in [1.165, 1.54) is 11.3 Å². The summed E-state index contributed by atoms with van der Waals surface area (Å²) < 4.78 is 7.10. The molecule has 3 nitrogen and oxygen atoms in total. The third kappa shape index (κ3) is 2.16. The van der Waals surface area contributed by atoms with Gasteiger partial charge in [-0.2, -0.15) is 0 Å². The lowest BCUT2D eigenvalue weighted by atomic mass is 10.2. The molecule has 0 saturated heterocycles. The van der Waals surface area contributed by atoms with Crippen LogP contribution in [0.1, 0.15) is 0 Å². The third-order valence-electron chi connectivity index (χ3n) is 2.99. The van der Waals surface area contributed by atoms with Gasteiger partial charge in [0.05, 0.1) is 21.7 Å². The number of ether oxygens (including phenoxy) is 1. The van der Waals surface area contributed by atoms with E-state index in [-0.39, 0.29) is 18.6 Å². The van der Waals surface area contributed by atoms with Gasteiger partial charge in [0.15, 0.2) is 5.43 Å². The third-order valence-corrected chi connectivity index (χ3v) is 4.49. The van der Waals surface area contributed by atoms with Crippen molar-refractivity contribution in [3.63, 3.8) is 0 Å². The van der Waals surface area contributed by atoms with E-state index in [0.29, 0.717) is 21.5 Å². The van der Waals surface area contributed by atoms with Gasteiger partial charge in [0.25, 0.3) is 0 Å². The molecule has 0 fully saturated rings. The van der Waals surface area contributed by atoms with Gasteiger partial charge in [-0.25, -0.2) is 0 Å². The van der Waals surface area contributed by atoms with Gasteiger partial charge in [-0.05, 0) is 24.3 Å². The Balaban J connectivity index is 2.40. The summed E-state index contributed by atoms with van der Waals surface area (Å²) in [6.07, 6.45) is 0. The van der Waals surface area contributed by atoms with E-state index in [1.807, 2.05) is 18.2 Å². The summed E-state index contributed by atoms with van der Waals surface area (Å²) in [6.45, 7) is 0.108. The smallest absolute Gasteiger partial charge is 0.197 e. The van der Waals surface area contributed by atoms with Crippen molar-refractivity contribution in [2.75, 3.05) is 13.2 Å². The second-order valence-corrected chi connectivity index (χ2v) is 5.71. The van der Waals surface area contributed by atoms with Crippen LogP contribution in [0.2, 0.25) is 5.02 Å². The lowest BCUT2D eigenvalue weighted by Gasteiger charge is -2.09. The average molecular weight is 307 g/mol. The van der Waals surface area contributed by atoms with Crippen LogP contribution in [0.3, 0.4) is 0 Å². The fraction of sp³-hybridized carbons (Fsp3) is 0.133. The van der Waals surface area contributed by atoms with Gasteiger partial charge < -0.3 is 9.84 Å². The van der Waals surface area contributed by atoms with Crippen molar-refractivity contribution in [1.82, 2.24) is 0 Å². The van der Waals surface area contributed by atoms with Crippen molar-refractivity contribution in [2.45, 2.75) is 0 Å². The molecule has 0 bridgehead atoms. The number of aliphatic hydroxyl groups is 1. The maximum atomic E-state index is 12.6. The summed E-state index contributed by atoms with van der Waals surface area (Å²) in [4.78, 5) is 12.6. The molecule has 0 amide bonds. The van der Waals surface area contributed by atoms with Crippen molar-refractivity contribution in [3.05, 3.63) is 51.6 Å². The summed E-state index contributed by atoms with van der Waals surface area (Å²) in [5.41, 5.74) is -0.0891. The quantitative estimate of drug-likeness (QED) is 0.754. The zero-order valence-corrected chi connectivity index (χ0v) is 12.0. The minimum Gasteiger partial charge on any atom is -0.490 e. The summed E-state index contributed by atoms with van der Waals surface area (Å²) in [5.74, 6) is 0.575. The molecule has 0 radical (unpaired) electrons. The van der Waals surface area contributed by atoms with E-state index >= 15 is 0 Å². The van der Waals surface area contributed by atoms with Crippen LogP contribution in [-0.2, 0) is 0 Å². The van der Waals surface area contributed by atoms with Gasteiger partial charge in [-0.15, -0.1) is 11.3 Å². The first kappa shape index (κ1) is 13.4. The fourth-order valence-electron chi connectivity index (χ4n) is 2.11. The Morgan fingerprint density at radius 1 is 1.20 bits per heavy atom. The van der Waals surface area contributed by atoms with Crippen molar-refractivity contribution < 1.29 is 9.84 Å². The molecule has 0 spiro atoms. The standard InChI is InChI=1S/C15H11ClO3S/c16-10-5-6-11(19-8-7-17)15-13(10)14(18)9-3-1-2-4-12(9)20-15/h1-6,17H,7-8H2. The Morgan fingerprint density at radius 2 is 2.00 bits per heavy atom. The average Bonchev–Trinajstić information content (AvgIpc) is 2.47. The molecule has 0 saturated carbocycles. The normalized spacial score (nSPS) is 11.1. The van der Waals surface area contributed by atoms with Gasteiger partial charge >= 0.3 is 0 Å². The molecule has 0 unspecified atom stereocenters. The molecule has 0 aliphatic carbocycles. The summed E-state index contributed by atoms with van der Waals surface area (Å²) in [7, 11) is 0. The number of fused-ring (bicyclic) bond motifs is 2. The molecule has 0 atom stereocenters. The molecule has 3 rings (SSSR count). The molecule has 0 aliphatic heterocycles. The molecule has 5 heteroatoms. The second kappa shape index (κ2) is 5.40. The highest BCUT2D eigenvalue weighted by Crippen LogP contribution is 2.35.